The summed E-state index contributed by atoms with van der Waals surface area (Å²) in [5.74, 6) is 0.108. The highest BCUT2D eigenvalue weighted by molar-refractivity contribution is 7.89. The minimum atomic E-state index is -3.16. The molecule has 2 aliphatic rings. The quantitative estimate of drug-likeness (QED) is 0.705. The lowest BCUT2D eigenvalue weighted by Crippen LogP contribution is -2.48. The van der Waals surface area contributed by atoms with Gasteiger partial charge in [0.2, 0.25) is 15.9 Å². The van der Waals surface area contributed by atoms with Gasteiger partial charge in [0.05, 0.1) is 11.7 Å². The third-order valence-corrected chi connectivity index (χ3v) is 5.42. The van der Waals surface area contributed by atoms with Crippen LogP contribution in [-0.4, -0.2) is 50.2 Å². The van der Waals surface area contributed by atoms with E-state index < -0.39 is 10.0 Å². The van der Waals surface area contributed by atoms with Crippen LogP contribution in [0.2, 0.25) is 0 Å². The molecular weight excluding hydrogens is 278 g/mol. The molecule has 3 N–H and O–H groups in total. The Bertz CT molecular complexity index is 481. The van der Waals surface area contributed by atoms with E-state index in [1.54, 1.807) is 6.92 Å². The first-order valence-electron chi connectivity index (χ1n) is 7.14. The summed E-state index contributed by atoms with van der Waals surface area (Å²) in [5, 5.41) is 0. The summed E-state index contributed by atoms with van der Waals surface area (Å²) in [6, 6.07) is -0.0665. The van der Waals surface area contributed by atoms with Crippen LogP contribution in [0.3, 0.4) is 0 Å². The average molecular weight is 301 g/mol. The number of carbonyl (C=O) groups is 1. The smallest absolute Gasteiger partial charge is 0.229 e. The molecule has 1 saturated heterocycles. The molecule has 2 rings (SSSR count). The number of hydrogen-bond acceptors (Lipinski definition) is 4. The second kappa shape index (κ2) is 6.24. The SMILES string of the molecule is CCS(=O)(=O)NC1CCN(C(=O)C2C=CC(N)C2)CC1. The normalized spacial score (nSPS) is 28.0. The minimum Gasteiger partial charge on any atom is -0.342 e. The Balaban J connectivity index is 1.82. The van der Waals surface area contributed by atoms with Crippen LogP contribution >= 0.6 is 0 Å². The lowest BCUT2D eigenvalue weighted by molar-refractivity contribution is -0.135. The van der Waals surface area contributed by atoms with Crippen LogP contribution in [0.25, 0.3) is 0 Å². The van der Waals surface area contributed by atoms with Crippen LogP contribution in [-0.2, 0) is 14.8 Å². The zero-order valence-corrected chi connectivity index (χ0v) is 12.6. The maximum absolute atomic E-state index is 12.3. The Hall–Kier alpha value is -0.920. The zero-order chi connectivity index (χ0) is 14.8. The van der Waals surface area contributed by atoms with E-state index >= 15 is 0 Å². The predicted octanol–water partition coefficient (Wildman–Crippen LogP) is -0.180. The number of hydrogen-bond donors (Lipinski definition) is 2. The molecule has 114 valence electrons. The Morgan fingerprint density at radius 2 is 2.00 bits per heavy atom. The van der Waals surface area contributed by atoms with Crippen molar-refractivity contribution < 1.29 is 13.2 Å². The molecule has 1 amide bonds. The molecule has 7 heteroatoms. The lowest BCUT2D eigenvalue weighted by Gasteiger charge is -2.33. The fourth-order valence-corrected chi connectivity index (χ4v) is 3.61. The van der Waals surface area contributed by atoms with Crippen molar-refractivity contribution >= 4 is 15.9 Å². The van der Waals surface area contributed by atoms with Crippen LogP contribution in [0.15, 0.2) is 12.2 Å². The summed E-state index contributed by atoms with van der Waals surface area (Å²) < 4.78 is 25.7. The molecule has 2 atom stereocenters. The van der Waals surface area contributed by atoms with Gasteiger partial charge in [0.1, 0.15) is 0 Å². The number of likely N-dealkylation sites (tertiary alicyclic amines) is 1. The van der Waals surface area contributed by atoms with E-state index in [2.05, 4.69) is 4.72 Å². The Kier molecular flexibility index (Phi) is 4.82. The average Bonchev–Trinajstić information content (AvgIpc) is 2.85. The van der Waals surface area contributed by atoms with Gasteiger partial charge < -0.3 is 10.6 Å². The Morgan fingerprint density at radius 1 is 1.35 bits per heavy atom. The first-order chi connectivity index (χ1) is 9.41. The highest BCUT2D eigenvalue weighted by Gasteiger charge is 2.30. The van der Waals surface area contributed by atoms with Crippen molar-refractivity contribution in [3.05, 3.63) is 12.2 Å². The number of nitrogens with two attached hydrogens (primary N) is 1. The van der Waals surface area contributed by atoms with Crippen LogP contribution in [0, 0.1) is 5.92 Å². The highest BCUT2D eigenvalue weighted by atomic mass is 32.2. The van der Waals surface area contributed by atoms with Crippen molar-refractivity contribution in [2.75, 3.05) is 18.8 Å². The van der Waals surface area contributed by atoms with Gasteiger partial charge in [0.25, 0.3) is 0 Å². The van der Waals surface area contributed by atoms with Crippen molar-refractivity contribution in [1.82, 2.24) is 9.62 Å². The number of piperidine rings is 1. The zero-order valence-electron chi connectivity index (χ0n) is 11.8. The standard InChI is InChI=1S/C13H23N3O3S/c1-2-20(18,19)15-12-5-7-16(8-6-12)13(17)10-3-4-11(14)9-10/h3-4,10-12,15H,2,5-9,14H2,1H3. The third kappa shape index (κ3) is 3.80. The van der Waals surface area contributed by atoms with Gasteiger partial charge in [-0.05, 0) is 26.2 Å². The molecule has 0 aromatic heterocycles. The molecule has 0 bridgehead atoms. The van der Waals surface area contributed by atoms with Gasteiger partial charge in [-0.25, -0.2) is 13.1 Å². The van der Waals surface area contributed by atoms with Gasteiger partial charge in [-0.3, -0.25) is 4.79 Å². The van der Waals surface area contributed by atoms with Crippen molar-refractivity contribution in [3.63, 3.8) is 0 Å². The van der Waals surface area contributed by atoms with Crippen molar-refractivity contribution in [3.8, 4) is 0 Å². The highest BCUT2D eigenvalue weighted by Crippen LogP contribution is 2.21. The molecule has 0 saturated carbocycles. The summed E-state index contributed by atoms with van der Waals surface area (Å²) in [4.78, 5) is 14.1. The first-order valence-corrected chi connectivity index (χ1v) is 8.79. The Morgan fingerprint density at radius 3 is 2.50 bits per heavy atom. The molecule has 1 aliphatic heterocycles. The molecule has 1 heterocycles. The minimum absolute atomic E-state index is 0.0159. The van der Waals surface area contributed by atoms with E-state index in [0.29, 0.717) is 32.4 Å². The van der Waals surface area contributed by atoms with E-state index in [1.807, 2.05) is 17.1 Å². The van der Waals surface area contributed by atoms with E-state index in [1.165, 1.54) is 0 Å². The summed E-state index contributed by atoms with van der Waals surface area (Å²) in [5.41, 5.74) is 5.76. The first kappa shape index (κ1) is 15.5. The summed E-state index contributed by atoms with van der Waals surface area (Å²) in [6.45, 7) is 2.83. The van der Waals surface area contributed by atoms with Gasteiger partial charge in [0, 0.05) is 25.2 Å². The lowest BCUT2D eigenvalue weighted by atomic mass is 10.0. The van der Waals surface area contributed by atoms with Gasteiger partial charge in [-0.1, -0.05) is 12.2 Å². The van der Waals surface area contributed by atoms with Crippen LogP contribution in [0.4, 0.5) is 0 Å². The van der Waals surface area contributed by atoms with Gasteiger partial charge in [0.15, 0.2) is 0 Å². The number of amides is 1. The van der Waals surface area contributed by atoms with E-state index in [4.69, 9.17) is 5.73 Å². The molecular formula is C13H23N3O3S. The third-order valence-electron chi connectivity index (χ3n) is 3.97. The largest absolute Gasteiger partial charge is 0.342 e. The second-order valence-electron chi connectivity index (χ2n) is 5.51. The van der Waals surface area contributed by atoms with Gasteiger partial charge in [-0.2, -0.15) is 0 Å². The maximum Gasteiger partial charge on any atom is 0.229 e. The number of nitrogens with zero attached hydrogens (tertiary/aromatic N) is 1. The van der Waals surface area contributed by atoms with Crippen molar-refractivity contribution in [2.24, 2.45) is 11.7 Å². The summed E-state index contributed by atoms with van der Waals surface area (Å²) >= 11 is 0. The number of nitrogens with one attached hydrogen (secondary N) is 1. The van der Waals surface area contributed by atoms with Crippen molar-refractivity contribution in [1.29, 1.82) is 0 Å². The molecule has 1 aliphatic carbocycles. The molecule has 0 aromatic rings. The number of rotatable bonds is 4. The Labute approximate surface area is 120 Å². The maximum atomic E-state index is 12.3. The van der Waals surface area contributed by atoms with Crippen LogP contribution < -0.4 is 10.5 Å². The van der Waals surface area contributed by atoms with Crippen LogP contribution in [0.1, 0.15) is 26.2 Å². The molecule has 0 aromatic carbocycles. The monoisotopic (exact) mass is 301 g/mol. The summed E-state index contributed by atoms with van der Waals surface area (Å²) in [7, 11) is -3.16. The fraction of sp³-hybridized carbons (Fsp3) is 0.769. The molecule has 0 radical (unpaired) electrons. The van der Waals surface area contributed by atoms with E-state index in [-0.39, 0.29) is 29.7 Å². The summed E-state index contributed by atoms with van der Waals surface area (Å²) in [6.07, 6.45) is 5.80. The van der Waals surface area contributed by atoms with Gasteiger partial charge in [-0.15, -0.1) is 0 Å². The van der Waals surface area contributed by atoms with E-state index in [9.17, 15) is 13.2 Å². The van der Waals surface area contributed by atoms with Crippen molar-refractivity contribution in [2.45, 2.75) is 38.3 Å². The second-order valence-corrected chi connectivity index (χ2v) is 7.55. The van der Waals surface area contributed by atoms with Crippen LogP contribution in [0.5, 0.6) is 0 Å². The number of carbonyl (C=O) groups excluding carboxylic acids is 1. The fourth-order valence-electron chi connectivity index (χ4n) is 2.70. The molecule has 2 unspecified atom stereocenters. The molecule has 6 nitrogen and oxygen atoms in total. The molecule has 20 heavy (non-hydrogen) atoms. The van der Waals surface area contributed by atoms with Gasteiger partial charge >= 0.3 is 0 Å². The molecule has 1 fully saturated rings. The topological polar surface area (TPSA) is 92.5 Å². The number of sulfonamides is 1. The molecule has 0 spiro atoms. The van der Waals surface area contributed by atoms with E-state index in [0.717, 1.165) is 0 Å². The predicted molar refractivity (Wildman–Crippen MR) is 77.4 cm³/mol.